The Labute approximate surface area is 172 Å². The van der Waals surface area contributed by atoms with Crippen molar-refractivity contribution in [1.29, 1.82) is 0 Å². The molecule has 0 amide bonds. The van der Waals surface area contributed by atoms with Crippen LogP contribution in [-0.2, 0) is 16.1 Å². The molecular weight excluding hydrogens is 458 g/mol. The first-order valence-electron chi connectivity index (χ1n) is 8.04. The molecule has 0 saturated carbocycles. The van der Waals surface area contributed by atoms with Crippen molar-refractivity contribution in [3.63, 3.8) is 0 Å². The van der Waals surface area contributed by atoms with Crippen LogP contribution in [-0.4, -0.2) is 40.6 Å². The smallest absolute Gasteiger partial charge is 0.308 e. The van der Waals surface area contributed by atoms with Crippen LogP contribution >= 0.6 is 15.9 Å². The minimum Gasteiger partial charge on any atom is -0.502 e. The highest BCUT2D eigenvalue weighted by atomic mass is 79.9. The summed E-state index contributed by atoms with van der Waals surface area (Å²) in [6, 6.07) is 5.03. The zero-order chi connectivity index (χ0) is 20.8. The van der Waals surface area contributed by atoms with Gasteiger partial charge in [-0.25, -0.2) is 8.93 Å². The van der Waals surface area contributed by atoms with Gasteiger partial charge in [-0.05, 0) is 18.6 Å². The Morgan fingerprint density at radius 1 is 1.32 bits per heavy atom. The number of esters is 1. The predicted molar refractivity (Wildman–Crippen MR) is 105 cm³/mol. The van der Waals surface area contributed by atoms with E-state index in [4.69, 9.17) is 23.2 Å². The minimum absolute atomic E-state index is 0.0325. The van der Waals surface area contributed by atoms with Crippen molar-refractivity contribution in [2.24, 2.45) is 0 Å². The highest BCUT2D eigenvalue weighted by molar-refractivity contribution is 9.09. The number of ether oxygens (including phenoxy) is 3. The van der Waals surface area contributed by atoms with Gasteiger partial charge in [0.15, 0.2) is 23.0 Å². The van der Waals surface area contributed by atoms with E-state index in [1.807, 2.05) is 0 Å². The van der Waals surface area contributed by atoms with Crippen LogP contribution in [0.15, 0.2) is 22.6 Å². The van der Waals surface area contributed by atoms with Crippen molar-refractivity contribution < 1.29 is 37.3 Å². The zero-order valence-electron chi connectivity index (χ0n) is 15.4. The molecule has 154 valence electrons. The summed E-state index contributed by atoms with van der Waals surface area (Å²) < 4.78 is 43.5. The molecule has 3 N–H and O–H groups in total. The lowest BCUT2D eigenvalue weighted by atomic mass is 10.1. The summed E-state index contributed by atoms with van der Waals surface area (Å²) in [6.45, 7) is 1.36. The van der Waals surface area contributed by atoms with Crippen LogP contribution < -0.4 is 18.9 Å². The maximum Gasteiger partial charge on any atom is 0.308 e. The van der Waals surface area contributed by atoms with E-state index in [9.17, 15) is 14.1 Å². The molecule has 9 nitrogen and oxygen atoms in total. The van der Waals surface area contributed by atoms with E-state index in [0.29, 0.717) is 23.5 Å². The molecule has 2 rings (SSSR count). The van der Waals surface area contributed by atoms with Crippen molar-refractivity contribution in [3.05, 3.63) is 24.0 Å². The van der Waals surface area contributed by atoms with Gasteiger partial charge in [0.05, 0.1) is 24.6 Å². The largest absolute Gasteiger partial charge is 0.502 e. The summed E-state index contributed by atoms with van der Waals surface area (Å²) in [5.74, 6) is -0.215. The fourth-order valence-electron chi connectivity index (χ4n) is 2.53. The van der Waals surface area contributed by atoms with Crippen LogP contribution in [0.25, 0.3) is 11.3 Å². The molecule has 1 heterocycles. The molecule has 0 spiro atoms. The molecule has 0 radical (unpaired) electrons. The topological polar surface area (TPSA) is 127 Å². The zero-order valence-corrected chi connectivity index (χ0v) is 17.8. The highest BCUT2D eigenvalue weighted by Crippen LogP contribution is 2.51. The van der Waals surface area contributed by atoms with E-state index in [0.717, 1.165) is 0 Å². The third kappa shape index (κ3) is 5.04. The van der Waals surface area contributed by atoms with E-state index >= 15 is 0 Å². The molecule has 0 aliphatic rings. The van der Waals surface area contributed by atoms with E-state index in [2.05, 4.69) is 20.7 Å². The fourth-order valence-corrected chi connectivity index (χ4v) is 3.35. The number of carbonyl (C=O) groups excluding carboxylic acids is 1. The number of hydrogen-bond donors (Lipinski definition) is 3. The van der Waals surface area contributed by atoms with Crippen molar-refractivity contribution in [3.8, 4) is 34.3 Å². The lowest BCUT2D eigenvalue weighted by molar-refractivity contribution is -0.132. The van der Waals surface area contributed by atoms with Gasteiger partial charge < -0.3 is 23.7 Å². The first-order valence-corrected chi connectivity index (χ1v) is 10.1. The van der Waals surface area contributed by atoms with Crippen LogP contribution in [0.5, 0.6) is 23.0 Å². The Bertz CT molecular complexity index is 869. The molecule has 1 aromatic heterocycles. The molecule has 0 aliphatic heterocycles. The molecule has 0 aliphatic carbocycles. The number of furan rings is 1. The monoisotopic (exact) mass is 477 g/mol. The normalized spacial score (nSPS) is 13.0. The van der Waals surface area contributed by atoms with Crippen LogP contribution in [0, 0.1) is 0 Å². The molecule has 2 unspecified atom stereocenters. The summed E-state index contributed by atoms with van der Waals surface area (Å²) in [5.41, 5.74) is 0.397. The third-order valence-electron chi connectivity index (χ3n) is 3.67. The second-order valence-corrected chi connectivity index (χ2v) is 7.40. The number of carbonyl (C=O) groups is 1. The van der Waals surface area contributed by atoms with Crippen LogP contribution in [0.4, 0.5) is 0 Å². The number of methoxy groups -OCH3 is 2. The van der Waals surface area contributed by atoms with Gasteiger partial charge in [0, 0.05) is 13.5 Å². The number of aromatic hydroxyl groups is 1. The van der Waals surface area contributed by atoms with E-state index in [1.165, 1.54) is 21.1 Å². The van der Waals surface area contributed by atoms with Crippen molar-refractivity contribution in [1.82, 2.24) is 4.72 Å². The molecule has 0 fully saturated rings. The Balaban J connectivity index is 2.51. The van der Waals surface area contributed by atoms with E-state index in [-0.39, 0.29) is 29.6 Å². The Morgan fingerprint density at radius 2 is 2.04 bits per heavy atom. The molecule has 2 atom stereocenters. The van der Waals surface area contributed by atoms with Gasteiger partial charge in [0.1, 0.15) is 0 Å². The van der Waals surface area contributed by atoms with Crippen LogP contribution in [0.1, 0.15) is 23.9 Å². The quantitative estimate of drug-likeness (QED) is 0.285. The van der Waals surface area contributed by atoms with Gasteiger partial charge in [0.25, 0.3) is 0 Å². The summed E-state index contributed by atoms with van der Waals surface area (Å²) in [5, 5.41) is 10.7. The van der Waals surface area contributed by atoms with Crippen molar-refractivity contribution in [2.45, 2.75) is 18.2 Å². The van der Waals surface area contributed by atoms with Crippen molar-refractivity contribution >= 4 is 33.2 Å². The minimum atomic E-state index is -2.16. The number of para-hydroxylation sites is 1. The maximum atomic E-state index is 11.5. The Morgan fingerprint density at radius 3 is 2.61 bits per heavy atom. The van der Waals surface area contributed by atoms with Gasteiger partial charge in [-0.1, -0.05) is 22.0 Å². The number of rotatable bonds is 9. The van der Waals surface area contributed by atoms with Gasteiger partial charge in [-0.3, -0.25) is 9.35 Å². The number of benzene rings is 1. The Hall–Kier alpha value is -2.08. The molecule has 1 aromatic carbocycles. The van der Waals surface area contributed by atoms with Crippen molar-refractivity contribution in [2.75, 3.05) is 20.8 Å². The molecular formula is C17H20BrNO8S. The molecule has 28 heavy (non-hydrogen) atoms. The lowest BCUT2D eigenvalue weighted by Gasteiger charge is -2.11. The first-order chi connectivity index (χ1) is 13.3. The first kappa shape index (κ1) is 22.2. The average molecular weight is 478 g/mol. The van der Waals surface area contributed by atoms with Gasteiger partial charge in [0.2, 0.25) is 22.8 Å². The van der Waals surface area contributed by atoms with E-state index in [1.54, 1.807) is 18.2 Å². The molecule has 2 aromatic rings. The number of alkyl halides is 1. The number of halogens is 1. The maximum absolute atomic E-state index is 11.5. The third-order valence-corrected chi connectivity index (χ3v) is 4.99. The predicted octanol–water partition coefficient (Wildman–Crippen LogP) is 3.15. The summed E-state index contributed by atoms with van der Waals surface area (Å²) >= 11 is 1.23. The second-order valence-electron chi connectivity index (χ2n) is 5.51. The van der Waals surface area contributed by atoms with Gasteiger partial charge in [-0.15, -0.1) is 0 Å². The average Bonchev–Trinajstić information content (AvgIpc) is 2.96. The SMILES string of the molecule is COc1cccc(-c2oc(C(Br)CCNS(=O)O)c(OC(C)=O)c2O)c1OC. The van der Waals surface area contributed by atoms with E-state index < -0.39 is 22.1 Å². The van der Waals surface area contributed by atoms with Crippen LogP contribution in [0.2, 0.25) is 0 Å². The Kier molecular flexibility index (Phi) is 7.87. The molecule has 0 bridgehead atoms. The lowest BCUT2D eigenvalue weighted by Crippen LogP contribution is -2.18. The number of nitrogens with one attached hydrogen (secondary N) is 1. The van der Waals surface area contributed by atoms with Gasteiger partial charge in [-0.2, -0.15) is 0 Å². The van der Waals surface area contributed by atoms with Crippen LogP contribution in [0.3, 0.4) is 0 Å². The number of hydrogen-bond acceptors (Lipinski definition) is 7. The molecule has 11 heteroatoms. The highest BCUT2D eigenvalue weighted by Gasteiger charge is 2.30. The van der Waals surface area contributed by atoms with Gasteiger partial charge >= 0.3 is 5.97 Å². The summed E-state index contributed by atoms with van der Waals surface area (Å²) in [6.07, 6.45) is 0.308. The standard InChI is InChI=1S/C17H20BrNO8S/c1-9(20)26-17-13(21)15(10-5-4-6-12(24-2)14(10)25-3)27-16(17)11(18)7-8-19-28(22)23/h4-6,11,19,21H,7-8H2,1-3H3,(H,22,23). The second kappa shape index (κ2) is 9.92. The molecule has 0 saturated heterocycles. The fraction of sp³-hybridized carbons (Fsp3) is 0.353. The summed E-state index contributed by atoms with van der Waals surface area (Å²) in [7, 11) is 2.93. The summed E-state index contributed by atoms with van der Waals surface area (Å²) in [4.78, 5) is 11.0.